The van der Waals surface area contributed by atoms with E-state index < -0.39 is 16.8 Å². The van der Waals surface area contributed by atoms with Crippen molar-refractivity contribution in [2.45, 2.75) is 31.0 Å². The van der Waals surface area contributed by atoms with Gasteiger partial charge in [-0.3, -0.25) is 4.21 Å². The number of aryl methyl sites for hydroxylation is 2. The van der Waals surface area contributed by atoms with Gasteiger partial charge >= 0.3 is 5.97 Å². The summed E-state index contributed by atoms with van der Waals surface area (Å²) < 4.78 is 28.3. The van der Waals surface area contributed by atoms with Crippen molar-refractivity contribution in [2.75, 3.05) is 13.7 Å². The molecule has 0 radical (unpaired) electrons. The second kappa shape index (κ2) is 10.2. The largest absolute Gasteiger partial charge is 0.506 e. The summed E-state index contributed by atoms with van der Waals surface area (Å²) in [5, 5.41) is 11.6. The number of methoxy groups -OCH3 is 1. The lowest BCUT2D eigenvalue weighted by molar-refractivity contribution is 0.0527. The third kappa shape index (κ3) is 4.72. The van der Waals surface area contributed by atoms with Crippen LogP contribution in [0.3, 0.4) is 0 Å². The average molecular weight is 560 g/mol. The number of hydrogen-bond acceptors (Lipinski definition) is 6. The molecule has 0 saturated carbocycles. The molecule has 0 spiro atoms. The lowest BCUT2D eigenvalue weighted by atomic mass is 10.0. The maximum absolute atomic E-state index is 13.4. The number of hydrogen-bond donors (Lipinski definition) is 1. The highest BCUT2D eigenvalue weighted by Gasteiger charge is 2.28. The number of fused-ring (bicyclic) bond motifs is 1. The first kappa shape index (κ1) is 25.0. The van der Waals surface area contributed by atoms with Crippen molar-refractivity contribution < 1.29 is 23.6 Å². The highest BCUT2D eigenvalue weighted by Crippen LogP contribution is 2.40. The van der Waals surface area contributed by atoms with Crippen LogP contribution in [0.5, 0.6) is 11.5 Å². The number of aromatic hydroxyl groups is 1. The van der Waals surface area contributed by atoms with E-state index in [1.54, 1.807) is 50.6 Å². The van der Waals surface area contributed by atoms with Crippen LogP contribution in [0.2, 0.25) is 0 Å². The number of rotatable bonds is 8. The van der Waals surface area contributed by atoms with E-state index in [-0.39, 0.29) is 18.1 Å². The lowest BCUT2D eigenvalue weighted by Gasteiger charge is -2.12. The molecule has 2 aromatic carbocycles. The molecule has 8 nitrogen and oxygen atoms in total. The predicted molar refractivity (Wildman–Crippen MR) is 137 cm³/mol. The maximum Gasteiger partial charge on any atom is 0.340 e. The quantitative estimate of drug-likeness (QED) is 0.314. The van der Waals surface area contributed by atoms with Gasteiger partial charge in [0.15, 0.2) is 0 Å². The Balaban J connectivity index is 1.93. The first-order valence-corrected chi connectivity index (χ1v) is 13.1. The minimum absolute atomic E-state index is 0.0298. The third-order valence-electron chi connectivity index (χ3n) is 5.94. The molecule has 2 heterocycles. The van der Waals surface area contributed by atoms with Crippen molar-refractivity contribution in [2.24, 2.45) is 7.05 Å². The summed E-state index contributed by atoms with van der Waals surface area (Å²) >= 11 is 3.45. The van der Waals surface area contributed by atoms with Crippen LogP contribution in [0.1, 0.15) is 34.4 Å². The molecule has 1 atom stereocenters. The standard InChI is InChI=1S/C25H26BrN3O5S/c1-5-34-25(31)23-21(14-35(32)17-8-6-7-16(11-17)33-4)28(3)20-12-19(26)24(30)18(22(20)23)13-29-10-9-27-15(29)2/h6-12,30H,5,13-14H2,1-4H3. The van der Waals surface area contributed by atoms with Crippen LogP contribution in [0.15, 0.2) is 52.1 Å². The molecule has 10 heteroatoms. The molecule has 0 aliphatic heterocycles. The van der Waals surface area contributed by atoms with Crippen molar-refractivity contribution in [1.29, 1.82) is 0 Å². The molecule has 35 heavy (non-hydrogen) atoms. The zero-order chi connectivity index (χ0) is 25.3. The molecule has 0 saturated heterocycles. The highest BCUT2D eigenvalue weighted by atomic mass is 79.9. The normalized spacial score (nSPS) is 12.1. The van der Waals surface area contributed by atoms with Crippen LogP contribution < -0.4 is 4.74 Å². The molecule has 1 N–H and O–H groups in total. The van der Waals surface area contributed by atoms with Crippen LogP contribution in [0.25, 0.3) is 10.9 Å². The van der Waals surface area contributed by atoms with Crippen LogP contribution in [-0.2, 0) is 34.9 Å². The molecular formula is C25H26BrN3O5S. The second-order valence-corrected chi connectivity index (χ2v) is 10.3. The number of imidazole rings is 1. The van der Waals surface area contributed by atoms with Crippen LogP contribution in [0, 0.1) is 6.92 Å². The van der Waals surface area contributed by atoms with Crippen molar-refractivity contribution in [3.8, 4) is 11.5 Å². The first-order valence-electron chi connectivity index (χ1n) is 11.0. The molecule has 0 fully saturated rings. The molecule has 0 aliphatic rings. The molecule has 184 valence electrons. The monoisotopic (exact) mass is 559 g/mol. The van der Waals surface area contributed by atoms with E-state index in [9.17, 15) is 14.1 Å². The van der Waals surface area contributed by atoms with E-state index in [1.807, 2.05) is 29.3 Å². The molecular weight excluding hydrogens is 534 g/mol. The summed E-state index contributed by atoms with van der Waals surface area (Å²) in [5.74, 6) is 0.952. The Bertz CT molecular complexity index is 1440. The van der Waals surface area contributed by atoms with E-state index in [2.05, 4.69) is 20.9 Å². The summed E-state index contributed by atoms with van der Waals surface area (Å²) in [7, 11) is 1.91. The van der Waals surface area contributed by atoms with E-state index in [0.29, 0.717) is 49.4 Å². The van der Waals surface area contributed by atoms with Gasteiger partial charge in [0.2, 0.25) is 0 Å². The van der Waals surface area contributed by atoms with Gasteiger partial charge in [0.05, 0.1) is 52.4 Å². The predicted octanol–water partition coefficient (Wildman–Crippen LogP) is 4.69. The summed E-state index contributed by atoms with van der Waals surface area (Å²) in [6.45, 7) is 4.08. The van der Waals surface area contributed by atoms with E-state index in [1.165, 1.54) is 0 Å². The molecule has 0 aliphatic carbocycles. The summed E-state index contributed by atoms with van der Waals surface area (Å²) in [6, 6.07) is 8.81. The smallest absolute Gasteiger partial charge is 0.340 e. The van der Waals surface area contributed by atoms with Gasteiger partial charge in [0.1, 0.15) is 17.3 Å². The van der Waals surface area contributed by atoms with Gasteiger partial charge in [-0.05, 0) is 54.0 Å². The maximum atomic E-state index is 13.4. The van der Waals surface area contributed by atoms with Gasteiger partial charge in [0.25, 0.3) is 0 Å². The van der Waals surface area contributed by atoms with Gasteiger partial charge in [-0.2, -0.15) is 0 Å². The number of ether oxygens (including phenoxy) is 2. The summed E-state index contributed by atoms with van der Waals surface area (Å²) in [5.41, 5.74) is 2.12. The zero-order valence-corrected chi connectivity index (χ0v) is 22.3. The van der Waals surface area contributed by atoms with Gasteiger partial charge in [-0.25, -0.2) is 9.78 Å². The van der Waals surface area contributed by atoms with Gasteiger partial charge in [0, 0.05) is 41.0 Å². The molecule has 0 amide bonds. The number of phenols is 1. The van der Waals surface area contributed by atoms with E-state index >= 15 is 0 Å². The Hall–Kier alpha value is -3.11. The van der Waals surface area contributed by atoms with Crippen LogP contribution in [0.4, 0.5) is 0 Å². The Morgan fingerprint density at radius 2 is 2.06 bits per heavy atom. The average Bonchev–Trinajstić information content (AvgIpc) is 3.37. The SMILES string of the molecule is CCOC(=O)c1c(CS(=O)c2cccc(OC)c2)n(C)c2cc(Br)c(O)c(Cn3ccnc3C)c12. The van der Waals surface area contributed by atoms with Crippen molar-refractivity contribution in [1.82, 2.24) is 14.1 Å². The Labute approximate surface area is 214 Å². The van der Waals surface area contributed by atoms with Crippen molar-refractivity contribution in [3.63, 3.8) is 0 Å². The van der Waals surface area contributed by atoms with Crippen molar-refractivity contribution >= 4 is 43.6 Å². The number of halogens is 1. The fraction of sp³-hybridized carbons (Fsp3) is 0.280. The fourth-order valence-corrected chi connectivity index (χ4v) is 5.80. The summed E-state index contributed by atoms with van der Waals surface area (Å²) in [6.07, 6.45) is 3.49. The minimum Gasteiger partial charge on any atom is -0.506 e. The third-order valence-corrected chi connectivity index (χ3v) is 7.86. The molecule has 2 aromatic heterocycles. The van der Waals surface area contributed by atoms with E-state index in [0.717, 1.165) is 5.82 Å². The number of benzene rings is 2. The van der Waals surface area contributed by atoms with Crippen LogP contribution in [-0.4, -0.2) is 43.1 Å². The zero-order valence-electron chi connectivity index (χ0n) is 19.9. The number of nitrogens with zero attached hydrogens (tertiary/aromatic N) is 3. The number of phenolic OH excluding ortho intramolecular Hbond substituents is 1. The van der Waals surface area contributed by atoms with Gasteiger partial charge in [-0.1, -0.05) is 6.07 Å². The number of esters is 1. The molecule has 0 bridgehead atoms. The minimum atomic E-state index is -1.46. The summed E-state index contributed by atoms with van der Waals surface area (Å²) in [4.78, 5) is 18.1. The highest BCUT2D eigenvalue weighted by molar-refractivity contribution is 9.10. The number of carbonyl (C=O) groups excluding carboxylic acids is 1. The van der Waals surface area contributed by atoms with Gasteiger partial charge in [-0.15, -0.1) is 0 Å². The topological polar surface area (TPSA) is 95.6 Å². The van der Waals surface area contributed by atoms with Gasteiger partial charge < -0.3 is 23.7 Å². The Morgan fingerprint density at radius 3 is 2.71 bits per heavy atom. The Morgan fingerprint density at radius 1 is 1.29 bits per heavy atom. The molecule has 1 unspecified atom stereocenters. The van der Waals surface area contributed by atoms with E-state index in [4.69, 9.17) is 9.47 Å². The number of aromatic nitrogens is 3. The first-order chi connectivity index (χ1) is 16.8. The second-order valence-electron chi connectivity index (χ2n) is 7.95. The van der Waals surface area contributed by atoms with Crippen LogP contribution >= 0.6 is 15.9 Å². The lowest BCUT2D eigenvalue weighted by Crippen LogP contribution is -2.11. The molecule has 4 aromatic rings. The molecule has 4 rings (SSSR count). The Kier molecular flexibility index (Phi) is 7.32. The fourth-order valence-electron chi connectivity index (χ4n) is 4.12. The number of carbonyl (C=O) groups is 1. The van der Waals surface area contributed by atoms with Crippen molar-refractivity contribution in [3.05, 3.63) is 69.8 Å².